The third-order valence-electron chi connectivity index (χ3n) is 4.09. The van der Waals surface area contributed by atoms with Gasteiger partial charge in [-0.15, -0.1) is 0 Å². The number of hydrogen-bond donors (Lipinski definition) is 3. The number of nitrogens with zero attached hydrogens (tertiary/aromatic N) is 1. The second-order valence-electron chi connectivity index (χ2n) is 5.39. The molecule has 1 aliphatic rings. The van der Waals surface area contributed by atoms with Crippen LogP contribution in [-0.2, 0) is 0 Å². The Morgan fingerprint density at radius 2 is 2.00 bits per heavy atom. The lowest BCUT2D eigenvalue weighted by molar-refractivity contribution is 0.292. The van der Waals surface area contributed by atoms with Gasteiger partial charge in [0, 0.05) is 18.5 Å². The van der Waals surface area contributed by atoms with Crippen molar-refractivity contribution < 1.29 is 5.21 Å². The van der Waals surface area contributed by atoms with Crippen LogP contribution in [0.5, 0.6) is 0 Å². The molecule has 0 aromatic rings. The molecule has 0 radical (unpaired) electrons. The Labute approximate surface area is 98.3 Å². The van der Waals surface area contributed by atoms with E-state index in [1.165, 1.54) is 12.8 Å². The summed E-state index contributed by atoms with van der Waals surface area (Å²) in [6.45, 7) is 7.65. The van der Waals surface area contributed by atoms with Crippen LogP contribution in [-0.4, -0.2) is 23.1 Å². The molecule has 94 valence electrons. The largest absolute Gasteiger partial charge is 0.409 e. The van der Waals surface area contributed by atoms with Gasteiger partial charge < -0.3 is 16.3 Å². The zero-order chi connectivity index (χ0) is 12.2. The maximum Gasteiger partial charge on any atom is 0.139 e. The minimum Gasteiger partial charge on any atom is -0.409 e. The van der Waals surface area contributed by atoms with E-state index in [9.17, 15) is 0 Å². The molecule has 4 N–H and O–H groups in total. The number of hydrogen-bond acceptors (Lipinski definition) is 3. The van der Waals surface area contributed by atoms with Gasteiger partial charge in [-0.25, -0.2) is 0 Å². The van der Waals surface area contributed by atoms with E-state index in [0.717, 1.165) is 19.4 Å². The fourth-order valence-corrected chi connectivity index (χ4v) is 1.91. The number of rotatable bonds is 7. The molecule has 0 spiro atoms. The van der Waals surface area contributed by atoms with Crippen LogP contribution in [0.3, 0.4) is 0 Å². The molecule has 0 unspecified atom stereocenters. The van der Waals surface area contributed by atoms with E-state index in [1.807, 2.05) is 0 Å². The predicted molar refractivity (Wildman–Crippen MR) is 66.7 cm³/mol. The zero-order valence-electron chi connectivity index (χ0n) is 10.7. The first-order valence-corrected chi connectivity index (χ1v) is 6.20. The third-order valence-corrected chi connectivity index (χ3v) is 4.09. The third kappa shape index (κ3) is 3.37. The van der Waals surface area contributed by atoms with Crippen molar-refractivity contribution >= 4 is 5.84 Å². The fourth-order valence-electron chi connectivity index (χ4n) is 1.91. The highest BCUT2D eigenvalue weighted by Gasteiger charge is 2.44. The van der Waals surface area contributed by atoms with Crippen LogP contribution in [0.4, 0.5) is 0 Å². The van der Waals surface area contributed by atoms with Crippen LogP contribution in [0.25, 0.3) is 0 Å². The smallest absolute Gasteiger partial charge is 0.139 e. The van der Waals surface area contributed by atoms with Crippen molar-refractivity contribution in [2.75, 3.05) is 6.54 Å². The van der Waals surface area contributed by atoms with Crippen LogP contribution in [0.1, 0.15) is 52.9 Å². The van der Waals surface area contributed by atoms with Crippen LogP contribution in [0.15, 0.2) is 5.16 Å². The molecule has 0 saturated heterocycles. The molecule has 0 aromatic heterocycles. The van der Waals surface area contributed by atoms with E-state index in [-0.39, 0.29) is 11.0 Å². The van der Waals surface area contributed by atoms with Gasteiger partial charge in [0.25, 0.3) is 0 Å². The average Bonchev–Trinajstić information content (AvgIpc) is 3.06. The molecule has 1 aliphatic carbocycles. The molecular weight excluding hydrogens is 202 g/mol. The Hall–Kier alpha value is -0.770. The minimum atomic E-state index is 0.223. The van der Waals surface area contributed by atoms with Crippen molar-refractivity contribution in [3.05, 3.63) is 0 Å². The van der Waals surface area contributed by atoms with Crippen molar-refractivity contribution in [1.82, 2.24) is 5.32 Å². The number of nitrogens with two attached hydrogens (primary N) is 1. The summed E-state index contributed by atoms with van der Waals surface area (Å²) in [5.41, 5.74) is 6.05. The molecule has 4 nitrogen and oxygen atoms in total. The Kier molecular flexibility index (Phi) is 4.19. The molecule has 0 bridgehead atoms. The molecule has 1 fully saturated rings. The summed E-state index contributed by atoms with van der Waals surface area (Å²) in [4.78, 5) is 0. The molecular formula is C12H25N3O. The molecule has 0 aliphatic heterocycles. The van der Waals surface area contributed by atoms with Gasteiger partial charge in [0.15, 0.2) is 0 Å². The predicted octanol–water partition coefficient (Wildman–Crippen LogP) is 2.07. The van der Waals surface area contributed by atoms with Gasteiger partial charge in [-0.2, -0.15) is 0 Å². The maximum absolute atomic E-state index is 8.59. The van der Waals surface area contributed by atoms with E-state index < -0.39 is 0 Å². The highest BCUT2D eigenvalue weighted by Crippen LogP contribution is 2.48. The van der Waals surface area contributed by atoms with Gasteiger partial charge in [-0.05, 0) is 38.0 Å². The zero-order valence-corrected chi connectivity index (χ0v) is 10.7. The normalized spacial score (nSPS) is 19.8. The van der Waals surface area contributed by atoms with Gasteiger partial charge >= 0.3 is 0 Å². The monoisotopic (exact) mass is 227 g/mol. The summed E-state index contributed by atoms with van der Waals surface area (Å²) in [5, 5.41) is 15.3. The Morgan fingerprint density at radius 1 is 1.44 bits per heavy atom. The molecule has 4 heteroatoms. The van der Waals surface area contributed by atoms with Crippen LogP contribution in [0, 0.1) is 5.41 Å². The quantitative estimate of drug-likeness (QED) is 0.270. The summed E-state index contributed by atoms with van der Waals surface area (Å²) in [5.74, 6) is 0.356. The number of nitrogens with one attached hydrogen (secondary N) is 1. The number of amidine groups is 1. The lowest BCUT2D eigenvalue weighted by Crippen LogP contribution is -2.44. The first-order chi connectivity index (χ1) is 7.49. The molecule has 0 atom stereocenters. The van der Waals surface area contributed by atoms with Crippen LogP contribution < -0.4 is 11.1 Å². The summed E-state index contributed by atoms with van der Waals surface area (Å²) in [6.07, 6.45) is 5.33. The number of oxime groups is 1. The van der Waals surface area contributed by atoms with E-state index in [2.05, 4.69) is 31.2 Å². The maximum atomic E-state index is 8.59. The Bertz CT molecular complexity index is 255. The standard InChI is InChI=1S/C12H25N3O/c1-4-11(3,5-2)14-9-12(6-7-12)8-10(13)15-16/h14,16H,4-9H2,1-3H3,(H2,13,15). The summed E-state index contributed by atoms with van der Waals surface area (Å²) < 4.78 is 0. The molecule has 0 amide bonds. The highest BCUT2D eigenvalue weighted by molar-refractivity contribution is 5.80. The second kappa shape index (κ2) is 5.04. The van der Waals surface area contributed by atoms with Gasteiger partial charge in [0.05, 0.1) is 0 Å². The molecule has 1 saturated carbocycles. The second-order valence-corrected chi connectivity index (χ2v) is 5.39. The van der Waals surface area contributed by atoms with Gasteiger partial charge in [-0.1, -0.05) is 19.0 Å². The molecule has 1 rings (SSSR count). The SMILES string of the molecule is CCC(C)(CC)NCC1(CC(N)=NO)CC1. The van der Waals surface area contributed by atoms with Crippen molar-refractivity contribution in [2.24, 2.45) is 16.3 Å². The van der Waals surface area contributed by atoms with E-state index in [4.69, 9.17) is 10.9 Å². The van der Waals surface area contributed by atoms with Gasteiger partial charge in [-0.3, -0.25) is 0 Å². The molecule has 16 heavy (non-hydrogen) atoms. The van der Waals surface area contributed by atoms with Crippen molar-refractivity contribution in [2.45, 2.75) is 58.4 Å². The van der Waals surface area contributed by atoms with Crippen molar-refractivity contribution in [3.63, 3.8) is 0 Å². The van der Waals surface area contributed by atoms with E-state index in [0.29, 0.717) is 12.3 Å². The lowest BCUT2D eigenvalue weighted by atomic mass is 9.93. The highest BCUT2D eigenvalue weighted by atomic mass is 16.4. The van der Waals surface area contributed by atoms with Crippen molar-refractivity contribution in [1.29, 1.82) is 0 Å². The summed E-state index contributed by atoms with van der Waals surface area (Å²) in [6, 6.07) is 0. The topological polar surface area (TPSA) is 70.6 Å². The van der Waals surface area contributed by atoms with Crippen LogP contribution >= 0.6 is 0 Å². The Morgan fingerprint density at radius 3 is 2.38 bits per heavy atom. The van der Waals surface area contributed by atoms with Gasteiger partial charge in [0.2, 0.25) is 0 Å². The molecule has 0 aromatic carbocycles. The first-order valence-electron chi connectivity index (χ1n) is 6.20. The first kappa shape index (κ1) is 13.3. The fraction of sp³-hybridized carbons (Fsp3) is 0.917. The molecule has 0 heterocycles. The van der Waals surface area contributed by atoms with Gasteiger partial charge in [0.1, 0.15) is 5.84 Å². The van der Waals surface area contributed by atoms with E-state index >= 15 is 0 Å². The van der Waals surface area contributed by atoms with Crippen molar-refractivity contribution in [3.8, 4) is 0 Å². The minimum absolute atomic E-state index is 0.223. The van der Waals surface area contributed by atoms with Crippen LogP contribution in [0.2, 0.25) is 0 Å². The summed E-state index contributed by atoms with van der Waals surface area (Å²) in [7, 11) is 0. The Balaban J connectivity index is 2.43. The van der Waals surface area contributed by atoms with E-state index in [1.54, 1.807) is 0 Å². The average molecular weight is 227 g/mol. The summed E-state index contributed by atoms with van der Waals surface area (Å²) >= 11 is 0. The lowest BCUT2D eigenvalue weighted by Gasteiger charge is -2.31.